The zero-order valence-electron chi connectivity index (χ0n) is 11.3. The zero-order chi connectivity index (χ0) is 13.9. The van der Waals surface area contributed by atoms with Gasteiger partial charge in [-0.1, -0.05) is 34.5 Å². The maximum Gasteiger partial charge on any atom is 0.221 e. The molecule has 0 spiro atoms. The van der Waals surface area contributed by atoms with Gasteiger partial charge >= 0.3 is 0 Å². The zero-order valence-corrected chi connectivity index (χ0v) is 12.9. The maximum absolute atomic E-state index is 12.1. The number of amides is 1. The van der Waals surface area contributed by atoms with Gasteiger partial charge in [0.05, 0.1) is 6.04 Å². The smallest absolute Gasteiger partial charge is 0.221 e. The topological polar surface area (TPSA) is 55.1 Å². The minimum absolute atomic E-state index is 0.0375. The molecule has 2 rings (SSSR count). The lowest BCUT2D eigenvalue weighted by Gasteiger charge is -2.40. The van der Waals surface area contributed by atoms with Gasteiger partial charge in [0, 0.05) is 10.9 Å². The number of benzene rings is 1. The lowest BCUT2D eigenvalue weighted by Crippen LogP contribution is -2.42. The number of halogens is 1. The van der Waals surface area contributed by atoms with Crippen LogP contribution < -0.4 is 11.1 Å². The number of rotatable bonds is 5. The molecule has 0 saturated heterocycles. The molecule has 1 fully saturated rings. The molecule has 0 heterocycles. The van der Waals surface area contributed by atoms with E-state index in [-0.39, 0.29) is 17.4 Å². The van der Waals surface area contributed by atoms with E-state index in [2.05, 4.69) is 21.2 Å². The number of hydrogen-bond donors (Lipinski definition) is 2. The van der Waals surface area contributed by atoms with E-state index in [1.165, 1.54) is 6.42 Å². The summed E-state index contributed by atoms with van der Waals surface area (Å²) in [6, 6.07) is 8.07. The first-order chi connectivity index (χ1) is 9.04. The van der Waals surface area contributed by atoms with E-state index in [1.807, 2.05) is 31.2 Å². The summed E-state index contributed by atoms with van der Waals surface area (Å²) in [4.78, 5) is 12.1. The molecule has 0 bridgehead atoms. The molecule has 1 aliphatic rings. The van der Waals surface area contributed by atoms with Crippen molar-refractivity contribution in [3.8, 4) is 0 Å². The van der Waals surface area contributed by atoms with Crippen LogP contribution in [0.5, 0.6) is 0 Å². The fraction of sp³-hybridized carbons (Fsp3) is 0.533. The van der Waals surface area contributed by atoms with Crippen LogP contribution in [0.15, 0.2) is 28.7 Å². The third kappa shape index (κ3) is 3.57. The molecule has 0 aliphatic heterocycles. The minimum Gasteiger partial charge on any atom is -0.350 e. The van der Waals surface area contributed by atoms with Crippen LogP contribution in [0.25, 0.3) is 0 Å². The second-order valence-corrected chi connectivity index (χ2v) is 6.49. The SMILES string of the molecule is C[C@@H](NC(=O)CC1(CN)CCC1)c1ccc(Br)cc1. The molecular weight excluding hydrogens is 304 g/mol. The molecule has 0 aromatic heterocycles. The Morgan fingerprint density at radius 2 is 2.05 bits per heavy atom. The lowest BCUT2D eigenvalue weighted by molar-refractivity contribution is -0.125. The van der Waals surface area contributed by atoms with Gasteiger partial charge in [0.15, 0.2) is 0 Å². The van der Waals surface area contributed by atoms with Crippen LogP contribution in [0.3, 0.4) is 0 Å². The Hall–Kier alpha value is -0.870. The van der Waals surface area contributed by atoms with Crippen molar-refractivity contribution in [3.05, 3.63) is 34.3 Å². The third-order valence-corrected chi connectivity index (χ3v) is 4.66. The van der Waals surface area contributed by atoms with E-state index in [0.717, 1.165) is 22.9 Å². The Morgan fingerprint density at radius 3 is 2.53 bits per heavy atom. The summed E-state index contributed by atoms with van der Waals surface area (Å²) in [7, 11) is 0. The molecule has 0 radical (unpaired) electrons. The Balaban J connectivity index is 1.89. The first-order valence-electron chi connectivity index (χ1n) is 6.80. The summed E-state index contributed by atoms with van der Waals surface area (Å²) in [5.74, 6) is 0.112. The minimum atomic E-state index is 0.0375. The fourth-order valence-corrected chi connectivity index (χ4v) is 2.86. The number of hydrogen-bond acceptors (Lipinski definition) is 2. The van der Waals surface area contributed by atoms with Gasteiger partial charge in [-0.3, -0.25) is 4.79 Å². The summed E-state index contributed by atoms with van der Waals surface area (Å²) >= 11 is 3.41. The molecule has 1 atom stereocenters. The highest BCUT2D eigenvalue weighted by atomic mass is 79.9. The van der Waals surface area contributed by atoms with Crippen LogP contribution >= 0.6 is 15.9 Å². The summed E-state index contributed by atoms with van der Waals surface area (Å²) in [5, 5.41) is 3.06. The van der Waals surface area contributed by atoms with Crippen LogP contribution in [-0.2, 0) is 4.79 Å². The standard InChI is InChI=1S/C15H21BrN2O/c1-11(12-3-5-13(16)6-4-12)18-14(19)9-15(10-17)7-2-8-15/h3-6,11H,2,7-10,17H2,1H3,(H,18,19)/t11-/m1/s1. The highest BCUT2D eigenvalue weighted by Crippen LogP contribution is 2.42. The van der Waals surface area contributed by atoms with E-state index in [0.29, 0.717) is 13.0 Å². The molecular formula is C15H21BrN2O. The van der Waals surface area contributed by atoms with Gasteiger partial charge in [-0.05, 0) is 49.4 Å². The van der Waals surface area contributed by atoms with Crippen LogP contribution in [0.1, 0.15) is 44.2 Å². The average Bonchev–Trinajstić information content (AvgIpc) is 2.34. The molecule has 0 unspecified atom stereocenters. The highest BCUT2D eigenvalue weighted by molar-refractivity contribution is 9.10. The van der Waals surface area contributed by atoms with Crippen molar-refractivity contribution >= 4 is 21.8 Å². The van der Waals surface area contributed by atoms with Crippen molar-refractivity contribution in [1.29, 1.82) is 0 Å². The summed E-state index contributed by atoms with van der Waals surface area (Å²) in [6.07, 6.45) is 3.93. The van der Waals surface area contributed by atoms with Gasteiger partial charge in [0.1, 0.15) is 0 Å². The molecule has 104 valence electrons. The van der Waals surface area contributed by atoms with E-state index < -0.39 is 0 Å². The Kier molecular flexibility index (Phi) is 4.63. The monoisotopic (exact) mass is 324 g/mol. The van der Waals surface area contributed by atoms with Crippen LogP contribution in [0.4, 0.5) is 0 Å². The number of nitrogens with two attached hydrogens (primary N) is 1. The van der Waals surface area contributed by atoms with Crippen LogP contribution in [0, 0.1) is 5.41 Å². The molecule has 3 nitrogen and oxygen atoms in total. The summed E-state index contributed by atoms with van der Waals surface area (Å²) in [5.41, 5.74) is 6.98. The molecule has 4 heteroatoms. The number of nitrogens with one attached hydrogen (secondary N) is 1. The van der Waals surface area contributed by atoms with Crippen molar-refractivity contribution in [2.75, 3.05) is 6.54 Å². The van der Waals surface area contributed by atoms with Crippen molar-refractivity contribution in [1.82, 2.24) is 5.32 Å². The van der Waals surface area contributed by atoms with Gasteiger partial charge in [0.25, 0.3) is 0 Å². The largest absolute Gasteiger partial charge is 0.350 e. The van der Waals surface area contributed by atoms with E-state index in [4.69, 9.17) is 5.73 Å². The van der Waals surface area contributed by atoms with Crippen molar-refractivity contribution < 1.29 is 4.79 Å². The Bertz CT molecular complexity index is 434. The second-order valence-electron chi connectivity index (χ2n) is 5.58. The van der Waals surface area contributed by atoms with Gasteiger partial charge < -0.3 is 11.1 Å². The lowest BCUT2D eigenvalue weighted by atomic mass is 9.66. The normalized spacial score (nSPS) is 18.5. The number of carbonyl (C=O) groups excluding carboxylic acids is 1. The first-order valence-corrected chi connectivity index (χ1v) is 7.59. The van der Waals surface area contributed by atoms with Gasteiger partial charge in [-0.25, -0.2) is 0 Å². The van der Waals surface area contributed by atoms with Gasteiger partial charge in [-0.2, -0.15) is 0 Å². The van der Waals surface area contributed by atoms with E-state index >= 15 is 0 Å². The van der Waals surface area contributed by atoms with Crippen LogP contribution in [0.2, 0.25) is 0 Å². The molecule has 1 aromatic rings. The van der Waals surface area contributed by atoms with Gasteiger partial charge in [-0.15, -0.1) is 0 Å². The van der Waals surface area contributed by atoms with Gasteiger partial charge in [0.2, 0.25) is 5.91 Å². The Labute approximate surface area is 123 Å². The summed E-state index contributed by atoms with van der Waals surface area (Å²) < 4.78 is 1.05. The molecule has 1 amide bonds. The molecule has 3 N–H and O–H groups in total. The van der Waals surface area contributed by atoms with Crippen molar-refractivity contribution in [2.24, 2.45) is 11.1 Å². The molecule has 1 aromatic carbocycles. The number of carbonyl (C=O) groups is 1. The van der Waals surface area contributed by atoms with Crippen molar-refractivity contribution in [3.63, 3.8) is 0 Å². The maximum atomic E-state index is 12.1. The fourth-order valence-electron chi connectivity index (χ4n) is 2.60. The van der Waals surface area contributed by atoms with Crippen LogP contribution in [-0.4, -0.2) is 12.5 Å². The van der Waals surface area contributed by atoms with E-state index in [1.54, 1.807) is 0 Å². The molecule has 1 saturated carbocycles. The average molecular weight is 325 g/mol. The molecule has 19 heavy (non-hydrogen) atoms. The quantitative estimate of drug-likeness (QED) is 0.874. The predicted octanol–water partition coefficient (Wildman–Crippen LogP) is 3.15. The van der Waals surface area contributed by atoms with Crippen molar-refractivity contribution in [2.45, 2.75) is 38.6 Å². The Morgan fingerprint density at radius 1 is 1.42 bits per heavy atom. The third-order valence-electron chi connectivity index (χ3n) is 4.13. The summed E-state index contributed by atoms with van der Waals surface area (Å²) in [6.45, 7) is 2.63. The predicted molar refractivity (Wildman–Crippen MR) is 80.7 cm³/mol. The van der Waals surface area contributed by atoms with E-state index in [9.17, 15) is 4.79 Å². The molecule has 1 aliphatic carbocycles. The second kappa shape index (κ2) is 6.06. The highest BCUT2D eigenvalue weighted by Gasteiger charge is 2.37. The first kappa shape index (κ1) is 14.5.